The van der Waals surface area contributed by atoms with Gasteiger partial charge < -0.3 is 15.5 Å². The van der Waals surface area contributed by atoms with E-state index in [1.54, 1.807) is 12.3 Å². The molecule has 0 saturated heterocycles. The van der Waals surface area contributed by atoms with E-state index >= 15 is 0 Å². The highest BCUT2D eigenvalue weighted by Gasteiger charge is 2.24. The zero-order valence-electron chi connectivity index (χ0n) is 10.2. The number of aliphatic hydroxyl groups excluding tert-OH is 1. The molecule has 0 fully saturated rings. The van der Waals surface area contributed by atoms with Gasteiger partial charge >= 0.3 is 12.0 Å². The van der Waals surface area contributed by atoms with Crippen LogP contribution in [-0.4, -0.2) is 34.4 Å². The summed E-state index contributed by atoms with van der Waals surface area (Å²) in [5, 5.41) is 25.0. The molecule has 1 unspecified atom stereocenters. The number of thiophene rings is 1. The molecule has 0 saturated carbocycles. The lowest BCUT2D eigenvalue weighted by Gasteiger charge is -2.27. The number of carboxylic acids is 1. The molecule has 1 rings (SSSR count). The van der Waals surface area contributed by atoms with Crippen molar-refractivity contribution in [2.24, 2.45) is 0 Å². The number of aromatic carboxylic acids is 1. The van der Waals surface area contributed by atoms with E-state index in [0.717, 1.165) is 11.3 Å². The summed E-state index contributed by atoms with van der Waals surface area (Å²) in [6, 6.07) is 0.895. The zero-order chi connectivity index (χ0) is 13.8. The highest BCUT2D eigenvalue weighted by Crippen LogP contribution is 2.23. The van der Waals surface area contributed by atoms with Gasteiger partial charge in [-0.1, -0.05) is 6.92 Å². The molecule has 1 aromatic heterocycles. The number of urea groups is 1. The molecule has 0 radical (unpaired) electrons. The fourth-order valence-corrected chi connectivity index (χ4v) is 2.00. The third kappa shape index (κ3) is 3.44. The predicted octanol–water partition coefficient (Wildman–Crippen LogP) is 1.73. The van der Waals surface area contributed by atoms with Gasteiger partial charge in [0.2, 0.25) is 0 Å². The van der Waals surface area contributed by atoms with E-state index in [1.165, 1.54) is 6.07 Å². The zero-order valence-corrected chi connectivity index (χ0v) is 11.0. The minimum absolute atomic E-state index is 0.0531. The molecule has 0 aromatic carbocycles. The van der Waals surface area contributed by atoms with Gasteiger partial charge in [-0.15, -0.1) is 11.3 Å². The van der Waals surface area contributed by atoms with Gasteiger partial charge in [-0.25, -0.2) is 9.59 Å². The largest absolute Gasteiger partial charge is 0.478 e. The number of carbonyl (C=O) groups is 2. The first-order chi connectivity index (χ1) is 8.41. The van der Waals surface area contributed by atoms with Crippen molar-refractivity contribution in [3.8, 4) is 0 Å². The topological polar surface area (TPSA) is 98.7 Å². The molecular weight excluding hydrogens is 256 g/mol. The number of rotatable bonds is 5. The second-order valence-corrected chi connectivity index (χ2v) is 5.04. The molecule has 18 heavy (non-hydrogen) atoms. The maximum atomic E-state index is 11.7. The molecule has 2 amide bonds. The summed E-state index contributed by atoms with van der Waals surface area (Å²) >= 11 is 1.13. The molecule has 0 aliphatic heterocycles. The molecule has 0 bridgehead atoms. The minimum Gasteiger partial charge on any atom is -0.478 e. The van der Waals surface area contributed by atoms with Gasteiger partial charge in [0.1, 0.15) is 5.00 Å². The molecule has 4 N–H and O–H groups in total. The second-order valence-electron chi connectivity index (χ2n) is 4.12. The average molecular weight is 272 g/mol. The number of amides is 2. The van der Waals surface area contributed by atoms with Crippen LogP contribution in [0.2, 0.25) is 0 Å². The van der Waals surface area contributed by atoms with E-state index in [1.807, 2.05) is 6.92 Å². The van der Waals surface area contributed by atoms with Crippen molar-refractivity contribution in [1.82, 2.24) is 5.32 Å². The lowest BCUT2D eigenvalue weighted by atomic mass is 10.0. The van der Waals surface area contributed by atoms with Gasteiger partial charge in [-0.05, 0) is 24.8 Å². The van der Waals surface area contributed by atoms with Crippen LogP contribution in [0.4, 0.5) is 9.80 Å². The Bertz CT molecular complexity index is 440. The molecular formula is C11H16N2O4S. The van der Waals surface area contributed by atoms with E-state index in [2.05, 4.69) is 10.6 Å². The molecule has 6 nitrogen and oxygen atoms in total. The summed E-state index contributed by atoms with van der Waals surface area (Å²) in [7, 11) is 0. The third-order valence-corrected chi connectivity index (χ3v) is 3.50. The van der Waals surface area contributed by atoms with Crippen LogP contribution in [0.5, 0.6) is 0 Å². The Morgan fingerprint density at radius 3 is 2.67 bits per heavy atom. The Labute approximate surface area is 109 Å². The van der Waals surface area contributed by atoms with Crippen molar-refractivity contribution in [3.05, 3.63) is 17.0 Å². The summed E-state index contributed by atoms with van der Waals surface area (Å²) in [5.41, 5.74) is -0.664. The van der Waals surface area contributed by atoms with Crippen LogP contribution in [0.15, 0.2) is 11.4 Å². The van der Waals surface area contributed by atoms with Gasteiger partial charge in [0, 0.05) is 0 Å². The Balaban J connectivity index is 2.71. The van der Waals surface area contributed by atoms with E-state index in [9.17, 15) is 9.59 Å². The average Bonchev–Trinajstić information content (AvgIpc) is 2.76. The lowest BCUT2D eigenvalue weighted by molar-refractivity contribution is 0.0698. The summed E-state index contributed by atoms with van der Waals surface area (Å²) < 4.78 is 0. The van der Waals surface area contributed by atoms with E-state index < -0.39 is 17.5 Å². The number of anilines is 1. The monoisotopic (exact) mass is 272 g/mol. The molecule has 1 atom stereocenters. The van der Waals surface area contributed by atoms with E-state index in [4.69, 9.17) is 10.2 Å². The summed E-state index contributed by atoms with van der Waals surface area (Å²) in [5.74, 6) is -1.09. The van der Waals surface area contributed by atoms with Gasteiger partial charge in [0.25, 0.3) is 0 Å². The summed E-state index contributed by atoms with van der Waals surface area (Å²) in [6.45, 7) is 3.36. The van der Waals surface area contributed by atoms with Crippen LogP contribution in [0, 0.1) is 0 Å². The van der Waals surface area contributed by atoms with Crippen molar-refractivity contribution in [1.29, 1.82) is 0 Å². The van der Waals surface area contributed by atoms with Crippen LogP contribution in [0.3, 0.4) is 0 Å². The van der Waals surface area contributed by atoms with Crippen molar-refractivity contribution in [2.45, 2.75) is 25.8 Å². The lowest BCUT2D eigenvalue weighted by Crippen LogP contribution is -2.50. The molecule has 0 aliphatic carbocycles. The Morgan fingerprint density at radius 2 is 2.17 bits per heavy atom. The number of hydrogen-bond donors (Lipinski definition) is 4. The number of hydrogen-bond acceptors (Lipinski definition) is 4. The van der Waals surface area contributed by atoms with Gasteiger partial charge in [0.05, 0.1) is 17.7 Å². The van der Waals surface area contributed by atoms with Crippen LogP contribution in [-0.2, 0) is 0 Å². The Kier molecular flexibility index (Phi) is 4.69. The number of aliphatic hydroxyl groups is 1. The summed E-state index contributed by atoms with van der Waals surface area (Å²) in [4.78, 5) is 22.6. The van der Waals surface area contributed by atoms with Crippen molar-refractivity contribution in [3.63, 3.8) is 0 Å². The second kappa shape index (κ2) is 5.83. The third-order valence-electron chi connectivity index (χ3n) is 2.67. The smallest absolute Gasteiger partial charge is 0.338 e. The number of carbonyl (C=O) groups excluding carboxylic acids is 1. The van der Waals surface area contributed by atoms with Crippen LogP contribution in [0.1, 0.15) is 30.6 Å². The fourth-order valence-electron chi connectivity index (χ4n) is 1.22. The van der Waals surface area contributed by atoms with Crippen molar-refractivity contribution in [2.75, 3.05) is 11.9 Å². The SMILES string of the molecule is CCC(C)(CO)NC(=O)Nc1sccc1C(=O)O. The first-order valence-corrected chi connectivity index (χ1v) is 6.30. The molecule has 0 spiro atoms. The predicted molar refractivity (Wildman–Crippen MR) is 69.2 cm³/mol. The van der Waals surface area contributed by atoms with Gasteiger partial charge in [0.15, 0.2) is 0 Å². The quantitative estimate of drug-likeness (QED) is 0.656. The molecule has 7 heteroatoms. The minimum atomic E-state index is -1.09. The molecule has 1 heterocycles. The summed E-state index contributed by atoms with van der Waals surface area (Å²) in [6.07, 6.45) is 0.563. The first kappa shape index (κ1) is 14.5. The van der Waals surface area contributed by atoms with Crippen molar-refractivity contribution < 1.29 is 19.8 Å². The number of nitrogens with one attached hydrogen (secondary N) is 2. The molecule has 0 aliphatic rings. The Morgan fingerprint density at radius 1 is 1.50 bits per heavy atom. The fraction of sp³-hybridized carbons (Fsp3) is 0.455. The molecule has 100 valence electrons. The first-order valence-electron chi connectivity index (χ1n) is 5.42. The van der Waals surface area contributed by atoms with Crippen LogP contribution >= 0.6 is 11.3 Å². The Hall–Kier alpha value is -1.60. The highest BCUT2D eigenvalue weighted by atomic mass is 32.1. The van der Waals surface area contributed by atoms with Crippen LogP contribution < -0.4 is 10.6 Å². The standard InChI is InChI=1S/C11H16N2O4S/c1-3-11(2,6-14)13-10(17)12-8-7(9(15)16)4-5-18-8/h4-5,14H,3,6H2,1-2H3,(H,15,16)(H2,12,13,17). The highest BCUT2D eigenvalue weighted by molar-refractivity contribution is 7.14. The van der Waals surface area contributed by atoms with Gasteiger partial charge in [-0.3, -0.25) is 5.32 Å². The number of carboxylic acid groups (broad SMARTS) is 1. The van der Waals surface area contributed by atoms with E-state index in [0.29, 0.717) is 6.42 Å². The maximum Gasteiger partial charge on any atom is 0.338 e. The van der Waals surface area contributed by atoms with Crippen molar-refractivity contribution >= 4 is 28.3 Å². The molecule has 1 aromatic rings. The van der Waals surface area contributed by atoms with E-state index in [-0.39, 0.29) is 17.2 Å². The normalized spacial score (nSPS) is 13.7. The van der Waals surface area contributed by atoms with Gasteiger partial charge in [-0.2, -0.15) is 0 Å². The van der Waals surface area contributed by atoms with Crippen LogP contribution in [0.25, 0.3) is 0 Å². The maximum absolute atomic E-state index is 11.7.